The van der Waals surface area contributed by atoms with Crippen molar-refractivity contribution in [1.82, 2.24) is 15.1 Å². The summed E-state index contributed by atoms with van der Waals surface area (Å²) in [7, 11) is 3.08. The number of thiophene rings is 1. The molecule has 0 saturated heterocycles. The van der Waals surface area contributed by atoms with E-state index < -0.39 is 6.29 Å². The highest BCUT2D eigenvalue weighted by molar-refractivity contribution is 7.13. The van der Waals surface area contributed by atoms with Crippen LogP contribution in [-0.2, 0) is 9.47 Å². The first kappa shape index (κ1) is 17.7. The summed E-state index contributed by atoms with van der Waals surface area (Å²) in [6.07, 6.45) is -0.549. The van der Waals surface area contributed by atoms with Gasteiger partial charge in [0.1, 0.15) is 5.75 Å². The highest BCUT2D eigenvalue weighted by atomic mass is 32.1. The van der Waals surface area contributed by atoms with E-state index in [1.165, 1.54) is 0 Å². The molecule has 1 aliphatic rings. The van der Waals surface area contributed by atoms with Crippen LogP contribution in [0.3, 0.4) is 0 Å². The van der Waals surface area contributed by atoms with E-state index in [0.29, 0.717) is 5.69 Å². The summed E-state index contributed by atoms with van der Waals surface area (Å²) in [5.41, 5.74) is 2.95. The third kappa shape index (κ3) is 3.01. The van der Waals surface area contributed by atoms with Crippen molar-refractivity contribution >= 4 is 17.2 Å². The predicted molar refractivity (Wildman–Crippen MR) is 101 cm³/mol. The number of amides is 1. The molecule has 2 N–H and O–H groups in total. The normalized spacial score (nSPS) is 16.3. The lowest BCUT2D eigenvalue weighted by molar-refractivity contribution is -0.113. The van der Waals surface area contributed by atoms with Crippen LogP contribution < -0.4 is 0 Å². The Morgan fingerprint density at radius 1 is 1.26 bits per heavy atom. The van der Waals surface area contributed by atoms with Gasteiger partial charge in [-0.2, -0.15) is 5.10 Å². The van der Waals surface area contributed by atoms with Gasteiger partial charge in [0, 0.05) is 19.8 Å². The molecule has 7 nitrogen and oxygen atoms in total. The maximum atomic E-state index is 13.1. The van der Waals surface area contributed by atoms with Gasteiger partial charge in [-0.3, -0.25) is 9.89 Å². The third-order valence-corrected chi connectivity index (χ3v) is 5.59. The number of aromatic amines is 1. The minimum absolute atomic E-state index is 0.173. The van der Waals surface area contributed by atoms with E-state index in [0.717, 1.165) is 21.7 Å². The maximum Gasteiger partial charge on any atom is 0.275 e. The number of carbonyl (C=O) groups is 1. The lowest BCUT2D eigenvalue weighted by Crippen LogP contribution is -2.38. The van der Waals surface area contributed by atoms with E-state index in [4.69, 9.17) is 9.47 Å². The van der Waals surface area contributed by atoms with Crippen LogP contribution in [0.4, 0.5) is 0 Å². The van der Waals surface area contributed by atoms with Crippen molar-refractivity contribution in [3.8, 4) is 16.3 Å². The van der Waals surface area contributed by atoms with Crippen molar-refractivity contribution < 1.29 is 19.4 Å². The molecule has 0 saturated carbocycles. The van der Waals surface area contributed by atoms with Gasteiger partial charge in [-0.1, -0.05) is 18.2 Å². The van der Waals surface area contributed by atoms with E-state index in [1.807, 2.05) is 29.6 Å². The average Bonchev–Trinajstić information content (AvgIpc) is 3.39. The number of benzene rings is 1. The van der Waals surface area contributed by atoms with Gasteiger partial charge in [0.05, 0.1) is 23.2 Å². The number of fused-ring (bicyclic) bond motifs is 1. The van der Waals surface area contributed by atoms with Gasteiger partial charge in [-0.05, 0) is 29.1 Å². The van der Waals surface area contributed by atoms with E-state index >= 15 is 0 Å². The smallest absolute Gasteiger partial charge is 0.275 e. The van der Waals surface area contributed by atoms with Crippen LogP contribution >= 0.6 is 11.3 Å². The minimum atomic E-state index is -0.549. The molecule has 0 bridgehead atoms. The number of methoxy groups -OCH3 is 2. The standard InChI is InChI=1S/C19H19N3O4S/c1-25-14(26-2)10-22-18(11-5-7-12(23)8-6-11)15-16(13-4-3-9-27-13)20-21-17(15)19(22)24/h3-9,14,18,23H,10H2,1-2H3,(H,20,21). The van der Waals surface area contributed by atoms with Crippen molar-refractivity contribution in [1.29, 1.82) is 0 Å². The number of nitrogens with zero attached hydrogens (tertiary/aromatic N) is 2. The fraction of sp³-hybridized carbons (Fsp3) is 0.263. The molecule has 0 aliphatic carbocycles. The second kappa shape index (κ2) is 7.15. The fourth-order valence-corrected chi connectivity index (χ4v) is 4.13. The lowest BCUT2D eigenvalue weighted by atomic mass is 9.98. The number of ether oxygens (including phenoxy) is 2. The van der Waals surface area contributed by atoms with Gasteiger partial charge in [0.2, 0.25) is 0 Å². The number of phenolic OH excluding ortho intramolecular Hbond substituents is 1. The Hall–Kier alpha value is -2.68. The summed E-state index contributed by atoms with van der Waals surface area (Å²) in [4.78, 5) is 15.8. The first-order valence-corrected chi connectivity index (χ1v) is 9.29. The van der Waals surface area contributed by atoms with Gasteiger partial charge in [0.25, 0.3) is 5.91 Å². The van der Waals surface area contributed by atoms with Crippen LogP contribution in [-0.4, -0.2) is 53.2 Å². The molecular weight excluding hydrogens is 366 g/mol. The highest BCUT2D eigenvalue weighted by Gasteiger charge is 2.43. The second-order valence-electron chi connectivity index (χ2n) is 6.19. The summed E-state index contributed by atoms with van der Waals surface area (Å²) < 4.78 is 10.6. The third-order valence-electron chi connectivity index (χ3n) is 4.70. The highest BCUT2D eigenvalue weighted by Crippen LogP contribution is 2.43. The van der Waals surface area contributed by atoms with E-state index in [9.17, 15) is 9.90 Å². The molecule has 1 atom stereocenters. The second-order valence-corrected chi connectivity index (χ2v) is 7.14. The van der Waals surface area contributed by atoms with Crippen LogP contribution in [0, 0.1) is 0 Å². The van der Waals surface area contributed by atoms with Crippen molar-refractivity contribution in [2.24, 2.45) is 0 Å². The van der Waals surface area contributed by atoms with Crippen LogP contribution in [0.1, 0.15) is 27.7 Å². The summed E-state index contributed by atoms with van der Waals surface area (Å²) in [6, 6.07) is 10.5. The number of aromatic hydroxyl groups is 1. The number of carbonyl (C=O) groups excluding carboxylic acids is 1. The molecule has 0 spiro atoms. The van der Waals surface area contributed by atoms with E-state index in [2.05, 4.69) is 10.2 Å². The number of nitrogens with one attached hydrogen (secondary N) is 1. The first-order chi connectivity index (χ1) is 13.1. The number of rotatable bonds is 6. The number of hydrogen-bond acceptors (Lipinski definition) is 6. The molecule has 0 fully saturated rings. The van der Waals surface area contributed by atoms with Crippen LogP contribution in [0.15, 0.2) is 41.8 Å². The lowest BCUT2D eigenvalue weighted by Gasteiger charge is -2.29. The molecular formula is C19H19N3O4S. The molecule has 4 rings (SSSR count). The molecule has 2 aromatic heterocycles. The largest absolute Gasteiger partial charge is 0.508 e. The zero-order valence-corrected chi connectivity index (χ0v) is 15.7. The molecule has 3 heterocycles. The monoisotopic (exact) mass is 385 g/mol. The topological polar surface area (TPSA) is 87.7 Å². The van der Waals surface area contributed by atoms with Gasteiger partial charge < -0.3 is 19.5 Å². The van der Waals surface area contributed by atoms with Gasteiger partial charge in [0.15, 0.2) is 12.0 Å². The number of phenols is 1. The summed E-state index contributed by atoms with van der Waals surface area (Å²) in [5, 5.41) is 19.0. The molecule has 27 heavy (non-hydrogen) atoms. The Balaban J connectivity index is 1.83. The van der Waals surface area contributed by atoms with Crippen molar-refractivity contribution in [2.45, 2.75) is 12.3 Å². The molecule has 1 aliphatic heterocycles. The van der Waals surface area contributed by atoms with Gasteiger partial charge in [-0.25, -0.2) is 0 Å². The Morgan fingerprint density at radius 2 is 2.00 bits per heavy atom. The van der Waals surface area contributed by atoms with Crippen LogP contribution in [0.25, 0.3) is 10.6 Å². The number of aromatic nitrogens is 2. The Labute approximate surface area is 160 Å². The van der Waals surface area contributed by atoms with Crippen molar-refractivity contribution in [3.05, 3.63) is 58.6 Å². The van der Waals surface area contributed by atoms with E-state index in [1.54, 1.807) is 42.6 Å². The fourth-order valence-electron chi connectivity index (χ4n) is 3.40. The SMILES string of the molecule is COC(CN1C(=O)c2n[nH]c(-c3cccs3)c2C1c1ccc(O)cc1)OC. The molecule has 1 amide bonds. The Morgan fingerprint density at radius 3 is 2.63 bits per heavy atom. The van der Waals surface area contributed by atoms with Crippen molar-refractivity contribution in [2.75, 3.05) is 20.8 Å². The Kier molecular flexibility index (Phi) is 4.69. The predicted octanol–water partition coefficient (Wildman–Crippen LogP) is 3.01. The summed E-state index contributed by atoms with van der Waals surface area (Å²) in [6.45, 7) is 0.262. The van der Waals surface area contributed by atoms with Crippen LogP contribution in [0.2, 0.25) is 0 Å². The molecule has 1 aromatic carbocycles. The number of hydrogen-bond donors (Lipinski definition) is 2. The van der Waals surface area contributed by atoms with Crippen molar-refractivity contribution in [3.63, 3.8) is 0 Å². The quantitative estimate of drug-likeness (QED) is 0.637. The summed E-state index contributed by atoms with van der Waals surface area (Å²) in [5.74, 6) is -0.00610. The molecule has 8 heteroatoms. The minimum Gasteiger partial charge on any atom is -0.508 e. The van der Waals surface area contributed by atoms with E-state index in [-0.39, 0.29) is 24.2 Å². The van der Waals surface area contributed by atoms with Gasteiger partial charge >= 0.3 is 0 Å². The molecule has 0 radical (unpaired) electrons. The zero-order chi connectivity index (χ0) is 19.0. The average molecular weight is 385 g/mol. The van der Waals surface area contributed by atoms with Crippen LogP contribution in [0.5, 0.6) is 5.75 Å². The number of H-pyrrole nitrogens is 1. The maximum absolute atomic E-state index is 13.1. The Bertz CT molecular complexity index is 933. The first-order valence-electron chi connectivity index (χ1n) is 8.41. The molecule has 3 aromatic rings. The molecule has 1 unspecified atom stereocenters. The van der Waals surface area contributed by atoms with Gasteiger partial charge in [-0.15, -0.1) is 11.3 Å². The molecule has 140 valence electrons. The zero-order valence-electron chi connectivity index (χ0n) is 14.9. The summed E-state index contributed by atoms with van der Waals surface area (Å²) >= 11 is 1.58.